The van der Waals surface area contributed by atoms with Crippen molar-refractivity contribution in [2.45, 2.75) is 25.2 Å². The maximum Gasteiger partial charge on any atom is 0.224 e. The van der Waals surface area contributed by atoms with Crippen molar-refractivity contribution < 1.29 is 0 Å². The molecule has 4 heteroatoms. The normalized spacial score (nSPS) is 25.9. The highest BCUT2D eigenvalue weighted by molar-refractivity contribution is 6.31. The molecular formula is C15H14Cl2N2. The van der Waals surface area contributed by atoms with Gasteiger partial charge in [-0.05, 0) is 41.5 Å². The summed E-state index contributed by atoms with van der Waals surface area (Å²) < 4.78 is 0. The van der Waals surface area contributed by atoms with Crippen molar-refractivity contribution in [2.24, 2.45) is 5.92 Å². The maximum atomic E-state index is 5.97. The number of rotatable bonds is 2. The van der Waals surface area contributed by atoms with Gasteiger partial charge in [-0.2, -0.15) is 0 Å². The van der Waals surface area contributed by atoms with Gasteiger partial charge in [-0.3, -0.25) is 0 Å². The van der Waals surface area contributed by atoms with Gasteiger partial charge in [0.1, 0.15) is 5.15 Å². The molecule has 1 aliphatic carbocycles. The summed E-state index contributed by atoms with van der Waals surface area (Å²) in [6, 6.07) is 12.4. The molecule has 1 aliphatic rings. The average molecular weight is 293 g/mol. The summed E-state index contributed by atoms with van der Waals surface area (Å²) in [6.45, 7) is 2.28. The summed E-state index contributed by atoms with van der Waals surface area (Å²) in [6.07, 6.45) is 1.11. The molecule has 1 aromatic carbocycles. The molecule has 0 radical (unpaired) electrons. The van der Waals surface area contributed by atoms with Crippen LogP contribution in [0.25, 0.3) is 0 Å². The smallest absolute Gasteiger partial charge is 0.223 e. The van der Waals surface area contributed by atoms with Crippen molar-refractivity contribution in [1.29, 1.82) is 0 Å². The zero-order valence-corrected chi connectivity index (χ0v) is 12.1. The lowest BCUT2D eigenvalue weighted by Gasteiger charge is -2.43. The standard InChI is InChI=1S/C15H14Cl2N2/c1-9-7-11(12-8-13(16)19-15(17)18-12)14(9)10-5-3-2-4-6-10/h2-6,8-9,11,14H,7H2,1H3. The molecule has 19 heavy (non-hydrogen) atoms. The van der Waals surface area contributed by atoms with Crippen molar-refractivity contribution in [3.63, 3.8) is 0 Å². The summed E-state index contributed by atoms with van der Waals surface area (Å²) in [5.74, 6) is 1.53. The largest absolute Gasteiger partial charge is 0.224 e. The van der Waals surface area contributed by atoms with Gasteiger partial charge in [-0.25, -0.2) is 9.97 Å². The Kier molecular flexibility index (Phi) is 3.46. The monoisotopic (exact) mass is 292 g/mol. The molecule has 98 valence electrons. The van der Waals surface area contributed by atoms with Gasteiger partial charge in [0, 0.05) is 5.92 Å². The molecule has 0 aliphatic heterocycles. The first-order chi connectivity index (χ1) is 9.15. The van der Waals surface area contributed by atoms with Gasteiger partial charge in [0.15, 0.2) is 0 Å². The summed E-state index contributed by atoms with van der Waals surface area (Å²) >= 11 is 11.9. The minimum atomic E-state index is 0.230. The molecule has 0 saturated heterocycles. The Morgan fingerprint density at radius 3 is 2.47 bits per heavy atom. The molecule has 3 rings (SSSR count). The van der Waals surface area contributed by atoms with Gasteiger partial charge in [-0.1, -0.05) is 48.9 Å². The highest BCUT2D eigenvalue weighted by Gasteiger charge is 2.40. The molecule has 0 N–H and O–H groups in total. The van der Waals surface area contributed by atoms with E-state index in [4.69, 9.17) is 23.2 Å². The van der Waals surface area contributed by atoms with E-state index in [1.165, 1.54) is 5.56 Å². The molecule has 1 fully saturated rings. The van der Waals surface area contributed by atoms with E-state index in [0.717, 1.165) is 12.1 Å². The predicted octanol–water partition coefficient (Wildman–Crippen LogP) is 4.69. The van der Waals surface area contributed by atoms with E-state index in [1.807, 2.05) is 12.1 Å². The Balaban J connectivity index is 1.93. The van der Waals surface area contributed by atoms with Gasteiger partial charge >= 0.3 is 0 Å². The molecule has 2 aromatic rings. The van der Waals surface area contributed by atoms with Crippen molar-refractivity contribution >= 4 is 23.2 Å². The van der Waals surface area contributed by atoms with Crippen molar-refractivity contribution in [3.05, 3.63) is 58.1 Å². The lowest BCUT2D eigenvalue weighted by atomic mass is 9.61. The highest BCUT2D eigenvalue weighted by Crippen LogP contribution is 2.52. The molecule has 0 amide bonds. The lowest BCUT2D eigenvalue weighted by molar-refractivity contribution is 0.223. The maximum absolute atomic E-state index is 5.97. The quantitative estimate of drug-likeness (QED) is 0.593. The Hall–Kier alpha value is -1.12. The van der Waals surface area contributed by atoms with Crippen LogP contribution in [-0.2, 0) is 0 Å². The predicted molar refractivity (Wildman–Crippen MR) is 77.8 cm³/mol. The van der Waals surface area contributed by atoms with Crippen LogP contribution >= 0.6 is 23.2 Å². The summed E-state index contributed by atoms with van der Waals surface area (Å²) in [7, 11) is 0. The van der Waals surface area contributed by atoms with Gasteiger partial charge in [0.2, 0.25) is 5.28 Å². The van der Waals surface area contributed by atoms with Gasteiger partial charge in [0.05, 0.1) is 5.69 Å². The number of hydrogen-bond donors (Lipinski definition) is 0. The van der Waals surface area contributed by atoms with Gasteiger partial charge in [-0.15, -0.1) is 0 Å². The van der Waals surface area contributed by atoms with E-state index in [-0.39, 0.29) is 5.28 Å². The number of halogens is 2. The second kappa shape index (κ2) is 5.10. The third-order valence-electron chi connectivity index (χ3n) is 3.92. The lowest BCUT2D eigenvalue weighted by Crippen LogP contribution is -2.31. The van der Waals surface area contributed by atoms with Crippen LogP contribution in [0, 0.1) is 5.92 Å². The minimum absolute atomic E-state index is 0.230. The van der Waals surface area contributed by atoms with Crippen LogP contribution in [0.3, 0.4) is 0 Å². The number of benzene rings is 1. The van der Waals surface area contributed by atoms with E-state index < -0.39 is 0 Å². The summed E-state index contributed by atoms with van der Waals surface area (Å²) in [5, 5.41) is 0.648. The van der Waals surface area contributed by atoms with E-state index in [9.17, 15) is 0 Å². The third kappa shape index (κ3) is 2.47. The zero-order valence-electron chi connectivity index (χ0n) is 10.6. The van der Waals surface area contributed by atoms with Crippen molar-refractivity contribution in [1.82, 2.24) is 9.97 Å². The fourth-order valence-corrected chi connectivity index (χ4v) is 3.46. The Morgan fingerprint density at radius 2 is 1.84 bits per heavy atom. The van der Waals surface area contributed by atoms with E-state index in [0.29, 0.717) is 22.9 Å². The van der Waals surface area contributed by atoms with E-state index in [2.05, 4.69) is 41.2 Å². The average Bonchev–Trinajstić information content (AvgIpc) is 2.35. The molecule has 3 unspecified atom stereocenters. The number of nitrogens with zero attached hydrogens (tertiary/aromatic N) is 2. The Morgan fingerprint density at radius 1 is 1.11 bits per heavy atom. The molecular weight excluding hydrogens is 279 g/mol. The van der Waals surface area contributed by atoms with Crippen LogP contribution in [0.1, 0.15) is 36.4 Å². The first-order valence-electron chi connectivity index (χ1n) is 6.40. The van der Waals surface area contributed by atoms with Crippen LogP contribution in [0.4, 0.5) is 0 Å². The van der Waals surface area contributed by atoms with Gasteiger partial charge in [0.25, 0.3) is 0 Å². The van der Waals surface area contributed by atoms with E-state index >= 15 is 0 Å². The third-order valence-corrected chi connectivity index (χ3v) is 4.29. The second-order valence-corrected chi connectivity index (χ2v) is 5.87. The minimum Gasteiger partial charge on any atom is -0.223 e. The van der Waals surface area contributed by atoms with Crippen LogP contribution in [0.15, 0.2) is 36.4 Å². The van der Waals surface area contributed by atoms with E-state index in [1.54, 1.807) is 0 Å². The molecule has 1 heterocycles. The molecule has 0 spiro atoms. The van der Waals surface area contributed by atoms with Crippen LogP contribution in [0.5, 0.6) is 0 Å². The zero-order chi connectivity index (χ0) is 13.4. The molecule has 1 saturated carbocycles. The Bertz CT molecular complexity index is 566. The summed E-state index contributed by atoms with van der Waals surface area (Å²) in [4.78, 5) is 8.25. The molecule has 2 nitrogen and oxygen atoms in total. The molecule has 3 atom stereocenters. The molecule has 0 bridgehead atoms. The fourth-order valence-electron chi connectivity index (χ4n) is 3.03. The topological polar surface area (TPSA) is 25.8 Å². The van der Waals surface area contributed by atoms with Gasteiger partial charge < -0.3 is 0 Å². The van der Waals surface area contributed by atoms with Crippen LogP contribution in [0.2, 0.25) is 10.4 Å². The SMILES string of the molecule is CC1CC(c2cc(Cl)nc(Cl)n2)C1c1ccccc1. The Labute approximate surface area is 122 Å². The number of aromatic nitrogens is 2. The number of hydrogen-bond acceptors (Lipinski definition) is 2. The van der Waals surface area contributed by atoms with Crippen molar-refractivity contribution in [3.8, 4) is 0 Å². The second-order valence-electron chi connectivity index (χ2n) is 5.14. The van der Waals surface area contributed by atoms with Crippen LogP contribution in [-0.4, -0.2) is 9.97 Å². The fraction of sp³-hybridized carbons (Fsp3) is 0.333. The molecule has 1 aromatic heterocycles. The van der Waals surface area contributed by atoms with Crippen molar-refractivity contribution in [2.75, 3.05) is 0 Å². The summed E-state index contributed by atoms with van der Waals surface area (Å²) in [5.41, 5.74) is 2.31. The first-order valence-corrected chi connectivity index (χ1v) is 7.15. The highest BCUT2D eigenvalue weighted by atomic mass is 35.5. The van der Waals surface area contributed by atoms with Crippen LogP contribution < -0.4 is 0 Å². The first kappa shape index (κ1) is 12.9.